The van der Waals surface area contributed by atoms with Crippen LogP contribution in [0.3, 0.4) is 0 Å². The average molecular weight is 329 g/mol. The van der Waals surface area contributed by atoms with Crippen LogP contribution < -0.4 is 0 Å². The van der Waals surface area contributed by atoms with Gasteiger partial charge < -0.3 is 18.9 Å². The van der Waals surface area contributed by atoms with E-state index in [0.717, 1.165) is 25.1 Å². The summed E-state index contributed by atoms with van der Waals surface area (Å²) in [6.07, 6.45) is 3.63. The van der Waals surface area contributed by atoms with E-state index in [1.807, 2.05) is 6.20 Å². The number of carbonyl (C=O) groups excluding carboxylic acids is 1. The fourth-order valence-corrected chi connectivity index (χ4v) is 1.71. The molecule has 0 radical (unpaired) electrons. The second-order valence-electron chi connectivity index (χ2n) is 4.90. The molecule has 1 rings (SSSR count). The molecule has 0 atom stereocenters. The number of rotatable bonds is 14. The molecule has 0 N–H and O–H groups in total. The third-order valence-corrected chi connectivity index (χ3v) is 2.81. The molecule has 0 unspecified atom stereocenters. The lowest BCUT2D eigenvalue weighted by Gasteiger charge is -2.04. The van der Waals surface area contributed by atoms with Crippen LogP contribution in [0, 0.1) is 0 Å². The number of aromatic nitrogens is 3. The van der Waals surface area contributed by atoms with Gasteiger partial charge in [0.2, 0.25) is 0 Å². The maximum absolute atomic E-state index is 10.6. The summed E-state index contributed by atoms with van der Waals surface area (Å²) < 4.78 is 22.6. The Hall–Kier alpha value is -1.51. The lowest BCUT2D eigenvalue weighted by Crippen LogP contribution is -2.11. The molecule has 1 aromatic rings. The van der Waals surface area contributed by atoms with Crippen molar-refractivity contribution in [3.05, 3.63) is 11.9 Å². The van der Waals surface area contributed by atoms with Crippen LogP contribution in [0.1, 0.15) is 26.0 Å². The maximum Gasteiger partial charge on any atom is 0.302 e. The van der Waals surface area contributed by atoms with Gasteiger partial charge in [0.15, 0.2) is 0 Å². The van der Waals surface area contributed by atoms with Crippen molar-refractivity contribution in [1.29, 1.82) is 0 Å². The Morgan fingerprint density at radius 3 is 2.48 bits per heavy atom. The van der Waals surface area contributed by atoms with Gasteiger partial charge in [-0.15, -0.1) is 5.10 Å². The highest BCUT2D eigenvalue weighted by molar-refractivity contribution is 5.65. The molecule has 0 aliphatic rings. The maximum atomic E-state index is 10.6. The summed E-state index contributed by atoms with van der Waals surface area (Å²) in [6.45, 7) is 7.83. The molecule has 1 heterocycles. The Bertz CT molecular complexity index is 425. The van der Waals surface area contributed by atoms with E-state index in [0.29, 0.717) is 39.6 Å². The molecule has 0 bridgehead atoms. The molecule has 1 aromatic heterocycles. The van der Waals surface area contributed by atoms with E-state index in [1.54, 1.807) is 4.68 Å². The molecular formula is C15H27N3O5. The van der Waals surface area contributed by atoms with Gasteiger partial charge in [-0.3, -0.25) is 4.79 Å². The molecule has 132 valence electrons. The Kier molecular flexibility index (Phi) is 11.0. The van der Waals surface area contributed by atoms with Crippen molar-refractivity contribution >= 4 is 5.97 Å². The summed E-state index contributed by atoms with van der Waals surface area (Å²) in [6, 6.07) is 0. The molecule has 8 nitrogen and oxygen atoms in total. The van der Waals surface area contributed by atoms with Gasteiger partial charge in [0.1, 0.15) is 6.61 Å². The van der Waals surface area contributed by atoms with Crippen LogP contribution in [0.2, 0.25) is 0 Å². The zero-order valence-corrected chi connectivity index (χ0v) is 14.0. The highest BCUT2D eigenvalue weighted by Gasteiger charge is 2.01. The third kappa shape index (κ3) is 10.8. The van der Waals surface area contributed by atoms with E-state index >= 15 is 0 Å². The van der Waals surface area contributed by atoms with Gasteiger partial charge in [-0.2, -0.15) is 0 Å². The van der Waals surface area contributed by atoms with E-state index in [9.17, 15) is 4.79 Å². The van der Waals surface area contributed by atoms with Crippen molar-refractivity contribution in [1.82, 2.24) is 15.0 Å². The van der Waals surface area contributed by atoms with Crippen molar-refractivity contribution in [3.8, 4) is 0 Å². The number of hydrogen-bond donors (Lipinski definition) is 0. The predicted octanol–water partition coefficient (Wildman–Crippen LogP) is 0.844. The van der Waals surface area contributed by atoms with Gasteiger partial charge in [-0.25, -0.2) is 4.68 Å². The molecule has 8 heteroatoms. The molecule has 0 amide bonds. The smallest absolute Gasteiger partial charge is 0.302 e. The first kappa shape index (κ1) is 19.5. The standard InChI is InChI=1S/C15H27N3O5/c1-3-6-20-9-10-21-7-4-15-13-18(17-16-15)5-8-22-11-12-23-14(2)19/h13H,3-12H2,1-2H3. The van der Waals surface area contributed by atoms with Crippen LogP contribution in [-0.4, -0.2) is 67.2 Å². The highest BCUT2D eigenvalue weighted by Crippen LogP contribution is 1.96. The number of hydrogen-bond acceptors (Lipinski definition) is 7. The summed E-state index contributed by atoms with van der Waals surface area (Å²) in [4.78, 5) is 10.6. The van der Waals surface area contributed by atoms with Gasteiger partial charge in [0, 0.05) is 26.1 Å². The summed E-state index contributed by atoms with van der Waals surface area (Å²) in [7, 11) is 0. The molecular weight excluding hydrogens is 302 g/mol. The van der Waals surface area contributed by atoms with Crippen molar-refractivity contribution in [2.75, 3.05) is 46.2 Å². The van der Waals surface area contributed by atoms with Gasteiger partial charge in [0.05, 0.1) is 45.3 Å². The van der Waals surface area contributed by atoms with Gasteiger partial charge in [-0.1, -0.05) is 12.1 Å². The predicted molar refractivity (Wildman–Crippen MR) is 83.1 cm³/mol. The third-order valence-electron chi connectivity index (χ3n) is 2.81. The zero-order chi connectivity index (χ0) is 16.8. The first-order valence-corrected chi connectivity index (χ1v) is 7.98. The van der Waals surface area contributed by atoms with Crippen LogP contribution in [0.25, 0.3) is 0 Å². The van der Waals surface area contributed by atoms with E-state index in [-0.39, 0.29) is 12.6 Å². The van der Waals surface area contributed by atoms with E-state index in [2.05, 4.69) is 17.2 Å². The molecule has 0 aliphatic heterocycles. The van der Waals surface area contributed by atoms with Crippen LogP contribution in [0.4, 0.5) is 0 Å². The summed E-state index contributed by atoms with van der Waals surface area (Å²) in [5.74, 6) is -0.298. The van der Waals surface area contributed by atoms with Crippen molar-refractivity contribution < 1.29 is 23.7 Å². The minimum Gasteiger partial charge on any atom is -0.463 e. The van der Waals surface area contributed by atoms with Crippen molar-refractivity contribution in [3.63, 3.8) is 0 Å². The Balaban J connectivity index is 2.00. The van der Waals surface area contributed by atoms with Crippen molar-refractivity contribution in [2.45, 2.75) is 33.2 Å². The average Bonchev–Trinajstić information content (AvgIpc) is 2.97. The normalized spacial score (nSPS) is 10.9. The lowest BCUT2D eigenvalue weighted by molar-refractivity contribution is -0.142. The lowest BCUT2D eigenvalue weighted by atomic mass is 10.3. The highest BCUT2D eigenvalue weighted by atomic mass is 16.6. The van der Waals surface area contributed by atoms with E-state index in [1.165, 1.54) is 6.92 Å². The minimum absolute atomic E-state index is 0.275. The molecule has 0 aliphatic carbocycles. The van der Waals surface area contributed by atoms with Crippen LogP contribution in [0.15, 0.2) is 6.20 Å². The zero-order valence-electron chi connectivity index (χ0n) is 14.0. The van der Waals surface area contributed by atoms with Gasteiger partial charge in [-0.05, 0) is 6.42 Å². The minimum atomic E-state index is -0.298. The summed E-state index contributed by atoms with van der Waals surface area (Å²) >= 11 is 0. The van der Waals surface area contributed by atoms with Crippen LogP contribution in [0.5, 0.6) is 0 Å². The van der Waals surface area contributed by atoms with E-state index < -0.39 is 0 Å². The van der Waals surface area contributed by atoms with Crippen molar-refractivity contribution in [2.24, 2.45) is 0 Å². The Labute approximate surface area is 137 Å². The number of carbonyl (C=O) groups is 1. The second kappa shape index (κ2) is 13.0. The largest absolute Gasteiger partial charge is 0.463 e. The Morgan fingerprint density at radius 2 is 1.74 bits per heavy atom. The SMILES string of the molecule is CCCOCCOCCc1cn(CCOCCOC(C)=O)nn1. The van der Waals surface area contributed by atoms with Gasteiger partial charge in [0.25, 0.3) is 0 Å². The Morgan fingerprint density at radius 1 is 1.04 bits per heavy atom. The number of esters is 1. The molecule has 23 heavy (non-hydrogen) atoms. The fraction of sp³-hybridized carbons (Fsp3) is 0.800. The van der Waals surface area contributed by atoms with Crippen LogP contribution >= 0.6 is 0 Å². The fourth-order valence-electron chi connectivity index (χ4n) is 1.71. The molecule has 0 fully saturated rings. The van der Waals surface area contributed by atoms with E-state index in [4.69, 9.17) is 18.9 Å². The second-order valence-corrected chi connectivity index (χ2v) is 4.90. The first-order valence-electron chi connectivity index (χ1n) is 7.98. The molecule has 0 saturated heterocycles. The number of ether oxygens (including phenoxy) is 4. The molecule has 0 saturated carbocycles. The summed E-state index contributed by atoms with van der Waals surface area (Å²) in [5, 5.41) is 8.10. The molecule has 0 spiro atoms. The monoisotopic (exact) mass is 329 g/mol. The number of nitrogens with zero attached hydrogens (tertiary/aromatic N) is 3. The first-order chi connectivity index (χ1) is 11.2. The molecule has 0 aromatic carbocycles. The quantitative estimate of drug-likeness (QED) is 0.369. The van der Waals surface area contributed by atoms with Gasteiger partial charge >= 0.3 is 5.97 Å². The summed E-state index contributed by atoms with van der Waals surface area (Å²) in [5.41, 5.74) is 0.888. The van der Waals surface area contributed by atoms with Crippen LogP contribution in [-0.2, 0) is 36.7 Å². The topological polar surface area (TPSA) is 84.7 Å².